The van der Waals surface area contributed by atoms with Gasteiger partial charge >= 0.3 is 0 Å². The Bertz CT molecular complexity index is 3250. The summed E-state index contributed by atoms with van der Waals surface area (Å²) in [5.41, 5.74) is 14.1. The van der Waals surface area contributed by atoms with E-state index >= 15 is 0 Å². The van der Waals surface area contributed by atoms with E-state index in [1.807, 2.05) is 0 Å². The van der Waals surface area contributed by atoms with E-state index < -0.39 is 0 Å². The van der Waals surface area contributed by atoms with E-state index in [-0.39, 0.29) is 12.0 Å². The Morgan fingerprint density at radius 2 is 0.750 bits per heavy atom. The van der Waals surface area contributed by atoms with Crippen molar-refractivity contribution in [3.05, 3.63) is 273 Å². The Balaban J connectivity index is 0.985. The molecule has 304 valence electrons. The lowest BCUT2D eigenvalue weighted by Gasteiger charge is -2.38. The molecule has 0 saturated heterocycles. The average Bonchev–Trinajstić information content (AvgIpc) is 3.38. The van der Waals surface area contributed by atoms with Gasteiger partial charge in [0.15, 0.2) is 0 Å². The maximum absolute atomic E-state index is 2.54. The standard InChI is InChI=1S/C62H46N2/c1-3-17-45(18-4-1)47-37-41-53(42-38-47)63(61-31-15-23-49-21-7-9-25-55(49)61)59-29-13-11-27-57(59)51-33-35-52(36-34-51)58-28-12-14-30-60(58)64(62-32-16-24-50-22-8-10-26-56(50)62)54-43-39-48(40-44-54)46-19-5-2-6-20-46/h1-44,57,59H. The fourth-order valence-corrected chi connectivity index (χ4v) is 9.53. The van der Waals surface area contributed by atoms with Crippen molar-refractivity contribution in [2.24, 2.45) is 0 Å². The van der Waals surface area contributed by atoms with Gasteiger partial charge in [-0.15, -0.1) is 0 Å². The van der Waals surface area contributed by atoms with Gasteiger partial charge in [-0.1, -0.05) is 224 Å². The topological polar surface area (TPSA) is 6.48 Å². The predicted octanol–water partition coefficient (Wildman–Crippen LogP) is 16.9. The number of hydrogen-bond donors (Lipinski definition) is 0. The number of para-hydroxylation sites is 1. The molecule has 64 heavy (non-hydrogen) atoms. The van der Waals surface area contributed by atoms with E-state index in [1.54, 1.807) is 0 Å². The fraction of sp³-hybridized carbons (Fsp3) is 0.0323. The minimum atomic E-state index is 0.0252. The summed E-state index contributed by atoms with van der Waals surface area (Å²) in [7, 11) is 0. The molecule has 11 rings (SSSR count). The van der Waals surface area contributed by atoms with Crippen molar-refractivity contribution >= 4 is 50.0 Å². The number of hydrogen-bond acceptors (Lipinski definition) is 2. The lowest BCUT2D eigenvalue weighted by atomic mass is 9.85. The van der Waals surface area contributed by atoms with E-state index in [0.29, 0.717) is 0 Å². The van der Waals surface area contributed by atoms with Crippen LogP contribution in [0, 0.1) is 0 Å². The van der Waals surface area contributed by atoms with Crippen LogP contribution in [0.4, 0.5) is 28.4 Å². The summed E-state index contributed by atoms with van der Waals surface area (Å²) >= 11 is 0. The second kappa shape index (κ2) is 17.3. The molecule has 0 saturated carbocycles. The van der Waals surface area contributed by atoms with Crippen molar-refractivity contribution in [3.8, 4) is 33.4 Å². The van der Waals surface area contributed by atoms with E-state index in [4.69, 9.17) is 0 Å². The Morgan fingerprint density at radius 3 is 1.39 bits per heavy atom. The third-order valence-electron chi connectivity index (χ3n) is 12.7. The molecular weight excluding hydrogens is 773 g/mol. The molecule has 0 spiro atoms. The lowest BCUT2D eigenvalue weighted by Crippen LogP contribution is -2.35. The molecule has 10 aromatic rings. The molecule has 0 fully saturated rings. The number of nitrogens with zero attached hydrogens (tertiary/aromatic N) is 2. The molecule has 2 nitrogen and oxygen atoms in total. The van der Waals surface area contributed by atoms with E-state index in [1.165, 1.54) is 66.2 Å². The lowest BCUT2D eigenvalue weighted by molar-refractivity contribution is 0.691. The molecular formula is C62H46N2. The van der Waals surface area contributed by atoms with Crippen LogP contribution in [0.1, 0.15) is 11.5 Å². The molecule has 0 aliphatic heterocycles. The van der Waals surface area contributed by atoms with Crippen LogP contribution in [0.25, 0.3) is 54.9 Å². The first-order valence-corrected chi connectivity index (χ1v) is 22.2. The van der Waals surface area contributed by atoms with Gasteiger partial charge in [-0.2, -0.15) is 0 Å². The van der Waals surface area contributed by atoms with Crippen LogP contribution in [0.5, 0.6) is 0 Å². The number of allylic oxidation sites excluding steroid dienone is 2. The quantitative estimate of drug-likeness (QED) is 0.136. The van der Waals surface area contributed by atoms with Gasteiger partial charge in [-0.3, -0.25) is 0 Å². The van der Waals surface area contributed by atoms with Gasteiger partial charge in [0, 0.05) is 39.3 Å². The summed E-state index contributed by atoms with van der Waals surface area (Å²) in [5, 5.41) is 4.87. The van der Waals surface area contributed by atoms with Crippen LogP contribution in [0.2, 0.25) is 0 Å². The zero-order valence-electron chi connectivity index (χ0n) is 35.5. The van der Waals surface area contributed by atoms with Crippen LogP contribution in [-0.4, -0.2) is 6.04 Å². The highest BCUT2D eigenvalue weighted by Gasteiger charge is 2.30. The first-order valence-electron chi connectivity index (χ1n) is 22.2. The Hall–Kier alpha value is -8.20. The molecule has 1 aliphatic rings. The maximum Gasteiger partial charge on any atom is 0.0628 e. The molecule has 2 atom stereocenters. The molecule has 0 bridgehead atoms. The minimum absolute atomic E-state index is 0.0252. The Morgan fingerprint density at radius 1 is 0.297 bits per heavy atom. The molecule has 0 amide bonds. The first-order chi connectivity index (χ1) is 31.8. The normalized spacial score (nSPS) is 14.4. The summed E-state index contributed by atoms with van der Waals surface area (Å²) in [6.07, 6.45) is 9.14. The Labute approximate surface area is 376 Å². The minimum Gasteiger partial charge on any atom is -0.333 e. The van der Waals surface area contributed by atoms with E-state index in [0.717, 1.165) is 22.7 Å². The summed E-state index contributed by atoms with van der Waals surface area (Å²) in [5.74, 6) is 0.0948. The highest BCUT2D eigenvalue weighted by atomic mass is 15.2. The van der Waals surface area contributed by atoms with Crippen molar-refractivity contribution in [2.45, 2.75) is 12.0 Å². The Kier molecular flexibility index (Phi) is 10.5. The predicted molar refractivity (Wildman–Crippen MR) is 272 cm³/mol. The monoisotopic (exact) mass is 818 g/mol. The zero-order chi connectivity index (χ0) is 42.7. The summed E-state index contributed by atoms with van der Waals surface area (Å²) in [4.78, 5) is 4.96. The molecule has 1 aliphatic carbocycles. The smallest absolute Gasteiger partial charge is 0.0628 e. The van der Waals surface area contributed by atoms with Gasteiger partial charge < -0.3 is 9.80 Å². The first kappa shape index (κ1) is 38.7. The zero-order valence-corrected chi connectivity index (χ0v) is 35.5. The fourth-order valence-electron chi connectivity index (χ4n) is 9.53. The SMILES string of the molecule is C1=CC(c2ccc(-c3ccccc3N(c3ccc(-c4ccccc4)cc3)c3cccc4ccccc34)cc2)C(N(c2ccc(-c3ccccc3)cc2)c2cccc3ccccc23)C=C1. The number of rotatable bonds is 10. The maximum atomic E-state index is 2.54. The molecule has 2 unspecified atom stereocenters. The second-order valence-corrected chi connectivity index (χ2v) is 16.5. The van der Waals surface area contributed by atoms with Gasteiger partial charge in [0.05, 0.1) is 17.4 Å². The molecule has 0 radical (unpaired) electrons. The van der Waals surface area contributed by atoms with E-state index in [9.17, 15) is 0 Å². The highest BCUT2D eigenvalue weighted by Crippen LogP contribution is 2.45. The molecule has 2 heteroatoms. The molecule has 0 aromatic heterocycles. The molecule has 0 heterocycles. The third-order valence-corrected chi connectivity index (χ3v) is 12.7. The largest absolute Gasteiger partial charge is 0.333 e. The van der Waals surface area contributed by atoms with Crippen molar-refractivity contribution in [1.82, 2.24) is 0 Å². The van der Waals surface area contributed by atoms with Gasteiger partial charge in [-0.25, -0.2) is 0 Å². The number of benzene rings is 10. The van der Waals surface area contributed by atoms with Crippen molar-refractivity contribution in [2.75, 3.05) is 9.80 Å². The highest BCUT2D eigenvalue weighted by molar-refractivity contribution is 6.01. The summed E-state index contributed by atoms with van der Waals surface area (Å²) in [6, 6.07) is 88.1. The average molecular weight is 819 g/mol. The van der Waals surface area contributed by atoms with Gasteiger partial charge in [-0.05, 0) is 86.6 Å². The molecule has 10 aromatic carbocycles. The van der Waals surface area contributed by atoms with Gasteiger partial charge in [0.25, 0.3) is 0 Å². The summed E-state index contributed by atoms with van der Waals surface area (Å²) < 4.78 is 0. The van der Waals surface area contributed by atoms with Crippen LogP contribution < -0.4 is 9.80 Å². The van der Waals surface area contributed by atoms with Crippen LogP contribution >= 0.6 is 0 Å². The summed E-state index contributed by atoms with van der Waals surface area (Å²) in [6.45, 7) is 0. The van der Waals surface area contributed by atoms with Crippen molar-refractivity contribution < 1.29 is 0 Å². The number of fused-ring (bicyclic) bond motifs is 2. The van der Waals surface area contributed by atoms with Crippen molar-refractivity contribution in [3.63, 3.8) is 0 Å². The third kappa shape index (κ3) is 7.46. The number of anilines is 5. The second-order valence-electron chi connectivity index (χ2n) is 16.5. The molecule has 0 N–H and O–H groups in total. The van der Waals surface area contributed by atoms with Gasteiger partial charge in [0.2, 0.25) is 0 Å². The van der Waals surface area contributed by atoms with E-state index in [2.05, 4.69) is 277 Å². The van der Waals surface area contributed by atoms with Crippen molar-refractivity contribution in [1.29, 1.82) is 0 Å². The van der Waals surface area contributed by atoms with Gasteiger partial charge in [0.1, 0.15) is 0 Å². The van der Waals surface area contributed by atoms with Crippen LogP contribution in [0.15, 0.2) is 267 Å². The van der Waals surface area contributed by atoms with Crippen LogP contribution in [0.3, 0.4) is 0 Å². The van der Waals surface area contributed by atoms with Crippen LogP contribution in [-0.2, 0) is 0 Å².